The van der Waals surface area contributed by atoms with Crippen molar-refractivity contribution in [3.8, 4) is 17.2 Å². The number of para-hydroxylation sites is 1. The Balaban J connectivity index is 2.11. The Labute approximate surface area is 171 Å². The molecule has 0 bridgehead atoms. The van der Waals surface area contributed by atoms with Gasteiger partial charge in [0.15, 0.2) is 0 Å². The first kappa shape index (κ1) is 22.1. The van der Waals surface area contributed by atoms with E-state index in [4.69, 9.17) is 14.2 Å². The number of carbonyl (C=O) groups is 2. The Morgan fingerprint density at radius 3 is 2.10 bits per heavy atom. The Morgan fingerprint density at radius 2 is 1.55 bits per heavy atom. The van der Waals surface area contributed by atoms with Crippen molar-refractivity contribution >= 4 is 11.8 Å². The summed E-state index contributed by atoms with van der Waals surface area (Å²) in [4.78, 5) is 25.5. The number of methoxy groups -OCH3 is 3. The SMILES string of the molecule is COc1cc(OC)cc(C(=O)N[C@H](C(=O)NCc2ccccc2OC)C(C)C)c1. The van der Waals surface area contributed by atoms with Gasteiger partial charge in [0.05, 0.1) is 21.3 Å². The minimum absolute atomic E-state index is 0.107. The number of benzene rings is 2. The number of ether oxygens (including phenoxy) is 3. The second kappa shape index (κ2) is 10.4. The number of hydrogen-bond acceptors (Lipinski definition) is 5. The van der Waals surface area contributed by atoms with Gasteiger partial charge in [-0.2, -0.15) is 0 Å². The van der Waals surface area contributed by atoms with E-state index >= 15 is 0 Å². The highest BCUT2D eigenvalue weighted by atomic mass is 16.5. The lowest BCUT2D eigenvalue weighted by atomic mass is 10.0. The molecule has 1 atom stereocenters. The van der Waals surface area contributed by atoms with E-state index in [9.17, 15) is 9.59 Å². The molecule has 2 N–H and O–H groups in total. The first-order valence-corrected chi connectivity index (χ1v) is 9.33. The molecule has 156 valence electrons. The van der Waals surface area contributed by atoms with Crippen molar-refractivity contribution in [3.63, 3.8) is 0 Å². The zero-order chi connectivity index (χ0) is 21.4. The second-order valence-electron chi connectivity index (χ2n) is 6.83. The molecule has 0 spiro atoms. The molecule has 0 aromatic heterocycles. The van der Waals surface area contributed by atoms with Gasteiger partial charge >= 0.3 is 0 Å². The third-order valence-corrected chi connectivity index (χ3v) is 4.49. The third kappa shape index (κ3) is 5.88. The molecule has 2 aromatic carbocycles. The fourth-order valence-corrected chi connectivity index (χ4v) is 2.84. The number of rotatable bonds is 9. The number of hydrogen-bond donors (Lipinski definition) is 2. The molecule has 0 aliphatic carbocycles. The van der Waals surface area contributed by atoms with Gasteiger partial charge in [0.1, 0.15) is 23.3 Å². The molecule has 2 rings (SSSR count). The lowest BCUT2D eigenvalue weighted by Gasteiger charge is -2.22. The number of carbonyl (C=O) groups excluding carboxylic acids is 2. The smallest absolute Gasteiger partial charge is 0.252 e. The van der Waals surface area contributed by atoms with Crippen LogP contribution in [0.25, 0.3) is 0 Å². The molecule has 0 saturated carbocycles. The zero-order valence-electron chi connectivity index (χ0n) is 17.4. The molecular formula is C22H28N2O5. The van der Waals surface area contributed by atoms with E-state index in [2.05, 4.69) is 10.6 Å². The van der Waals surface area contributed by atoms with Crippen LogP contribution in [0.3, 0.4) is 0 Å². The highest BCUT2D eigenvalue weighted by molar-refractivity contribution is 5.98. The molecule has 2 amide bonds. The Morgan fingerprint density at radius 1 is 0.931 bits per heavy atom. The summed E-state index contributed by atoms with van der Waals surface area (Å²) in [6.45, 7) is 4.05. The Bertz CT molecular complexity index is 829. The summed E-state index contributed by atoms with van der Waals surface area (Å²) in [6, 6.07) is 11.6. The Hall–Kier alpha value is -3.22. The number of nitrogens with one attached hydrogen (secondary N) is 2. The van der Waals surface area contributed by atoms with E-state index in [1.54, 1.807) is 25.3 Å². The quantitative estimate of drug-likeness (QED) is 0.676. The molecule has 7 nitrogen and oxygen atoms in total. The fourth-order valence-electron chi connectivity index (χ4n) is 2.84. The van der Waals surface area contributed by atoms with Crippen LogP contribution >= 0.6 is 0 Å². The minimum atomic E-state index is -0.700. The van der Waals surface area contributed by atoms with Gasteiger partial charge in [0.25, 0.3) is 5.91 Å². The van der Waals surface area contributed by atoms with Gasteiger partial charge in [-0.1, -0.05) is 32.0 Å². The van der Waals surface area contributed by atoms with E-state index in [1.807, 2.05) is 38.1 Å². The standard InChI is InChI=1S/C22H28N2O5/c1-14(2)20(22(26)23-13-15-8-6-7-9-19(15)29-5)24-21(25)16-10-17(27-3)12-18(11-16)28-4/h6-12,14,20H,13H2,1-5H3,(H,23,26)(H,24,25)/t20-/m0/s1. The van der Waals surface area contributed by atoms with E-state index in [-0.39, 0.29) is 17.7 Å². The molecule has 0 saturated heterocycles. The van der Waals surface area contributed by atoms with Crippen molar-refractivity contribution in [2.75, 3.05) is 21.3 Å². The lowest BCUT2D eigenvalue weighted by Crippen LogP contribution is -2.49. The molecule has 2 aromatic rings. The molecule has 0 fully saturated rings. The molecule has 0 aliphatic rings. The average Bonchev–Trinajstić information content (AvgIpc) is 2.74. The van der Waals surface area contributed by atoms with Gasteiger partial charge in [0.2, 0.25) is 5.91 Å². The second-order valence-corrected chi connectivity index (χ2v) is 6.83. The largest absolute Gasteiger partial charge is 0.497 e. The molecular weight excluding hydrogens is 372 g/mol. The summed E-state index contributed by atoms with van der Waals surface area (Å²) in [7, 11) is 4.61. The van der Waals surface area contributed by atoms with Crippen LogP contribution in [0.1, 0.15) is 29.8 Å². The molecule has 7 heteroatoms. The highest BCUT2D eigenvalue weighted by Crippen LogP contribution is 2.23. The van der Waals surface area contributed by atoms with E-state index < -0.39 is 6.04 Å². The van der Waals surface area contributed by atoms with Gasteiger partial charge in [-0.3, -0.25) is 9.59 Å². The van der Waals surface area contributed by atoms with Crippen molar-refractivity contribution in [1.82, 2.24) is 10.6 Å². The first-order chi connectivity index (χ1) is 13.9. The van der Waals surface area contributed by atoms with Crippen LogP contribution in [0, 0.1) is 5.92 Å². The fraction of sp³-hybridized carbons (Fsp3) is 0.364. The predicted octanol–water partition coefficient (Wildman–Crippen LogP) is 2.78. The van der Waals surface area contributed by atoms with Crippen molar-refractivity contribution in [3.05, 3.63) is 53.6 Å². The molecule has 29 heavy (non-hydrogen) atoms. The lowest BCUT2D eigenvalue weighted by molar-refractivity contribution is -0.124. The van der Waals surface area contributed by atoms with Crippen molar-refractivity contribution in [2.45, 2.75) is 26.4 Å². The Kier molecular flexibility index (Phi) is 7.88. The van der Waals surface area contributed by atoms with Gasteiger partial charge < -0.3 is 24.8 Å². The van der Waals surface area contributed by atoms with E-state index in [0.717, 1.165) is 5.56 Å². The summed E-state index contributed by atoms with van der Waals surface area (Å²) in [6.07, 6.45) is 0. The summed E-state index contributed by atoms with van der Waals surface area (Å²) >= 11 is 0. The highest BCUT2D eigenvalue weighted by Gasteiger charge is 2.25. The average molecular weight is 400 g/mol. The van der Waals surface area contributed by atoms with Crippen LogP contribution in [0.15, 0.2) is 42.5 Å². The van der Waals surface area contributed by atoms with Crippen molar-refractivity contribution in [2.24, 2.45) is 5.92 Å². The number of amides is 2. The minimum Gasteiger partial charge on any atom is -0.497 e. The predicted molar refractivity (Wildman–Crippen MR) is 110 cm³/mol. The van der Waals surface area contributed by atoms with Crippen molar-refractivity contribution < 1.29 is 23.8 Å². The van der Waals surface area contributed by atoms with Crippen LogP contribution < -0.4 is 24.8 Å². The first-order valence-electron chi connectivity index (χ1n) is 9.33. The summed E-state index contributed by atoms with van der Waals surface area (Å²) < 4.78 is 15.7. The summed E-state index contributed by atoms with van der Waals surface area (Å²) in [5.74, 6) is 0.931. The molecule has 0 unspecified atom stereocenters. The van der Waals surface area contributed by atoms with Crippen LogP contribution in [0.4, 0.5) is 0 Å². The molecule has 0 heterocycles. The maximum absolute atomic E-state index is 12.8. The monoisotopic (exact) mass is 400 g/mol. The van der Waals surface area contributed by atoms with Crippen LogP contribution in [-0.2, 0) is 11.3 Å². The van der Waals surface area contributed by atoms with Crippen LogP contribution in [-0.4, -0.2) is 39.2 Å². The summed E-state index contributed by atoms with van der Waals surface area (Å²) in [5.41, 5.74) is 1.21. The summed E-state index contributed by atoms with van der Waals surface area (Å²) in [5, 5.41) is 5.68. The van der Waals surface area contributed by atoms with Crippen LogP contribution in [0.2, 0.25) is 0 Å². The molecule has 0 radical (unpaired) electrons. The normalized spacial score (nSPS) is 11.5. The van der Waals surface area contributed by atoms with Gasteiger partial charge in [0, 0.05) is 23.7 Å². The van der Waals surface area contributed by atoms with E-state index in [0.29, 0.717) is 29.4 Å². The van der Waals surface area contributed by atoms with Crippen molar-refractivity contribution in [1.29, 1.82) is 0 Å². The maximum Gasteiger partial charge on any atom is 0.252 e. The van der Waals surface area contributed by atoms with E-state index in [1.165, 1.54) is 14.2 Å². The molecule has 0 aliphatic heterocycles. The van der Waals surface area contributed by atoms with Crippen LogP contribution in [0.5, 0.6) is 17.2 Å². The van der Waals surface area contributed by atoms with Gasteiger partial charge in [-0.25, -0.2) is 0 Å². The van der Waals surface area contributed by atoms with Gasteiger partial charge in [-0.05, 0) is 24.1 Å². The maximum atomic E-state index is 12.8. The van der Waals surface area contributed by atoms with Gasteiger partial charge in [-0.15, -0.1) is 0 Å². The topological polar surface area (TPSA) is 85.9 Å². The zero-order valence-corrected chi connectivity index (χ0v) is 17.4. The third-order valence-electron chi connectivity index (χ3n) is 4.49.